The second-order valence-corrected chi connectivity index (χ2v) is 9.29. The molecule has 1 atom stereocenters. The van der Waals surface area contributed by atoms with Gasteiger partial charge in [-0.2, -0.15) is 11.8 Å². The molecule has 10 heteroatoms. The van der Waals surface area contributed by atoms with E-state index in [1.165, 1.54) is 5.56 Å². The fraction of sp³-hybridized carbons (Fsp3) is 0.704. The van der Waals surface area contributed by atoms with E-state index in [1.807, 2.05) is 30.5 Å². The lowest BCUT2D eigenvalue weighted by Gasteiger charge is -2.15. The summed E-state index contributed by atoms with van der Waals surface area (Å²) in [4.78, 5) is 23.8. The van der Waals surface area contributed by atoms with Crippen molar-refractivity contribution in [3.63, 3.8) is 0 Å². The van der Waals surface area contributed by atoms with Gasteiger partial charge < -0.3 is 34.3 Å². The Morgan fingerprint density at radius 1 is 0.838 bits per heavy atom. The molecule has 0 aromatic heterocycles. The second kappa shape index (κ2) is 23.3. The number of hydrogen-bond acceptors (Lipinski definition) is 8. The van der Waals surface area contributed by atoms with Gasteiger partial charge in [0, 0.05) is 31.2 Å². The van der Waals surface area contributed by atoms with E-state index in [-0.39, 0.29) is 17.9 Å². The summed E-state index contributed by atoms with van der Waals surface area (Å²) in [6.45, 7) is 6.21. The molecular weight excluding hydrogens is 496 g/mol. The molecule has 0 aliphatic carbocycles. The molecule has 2 N–H and O–H groups in total. The van der Waals surface area contributed by atoms with Gasteiger partial charge in [-0.1, -0.05) is 19.1 Å². The molecule has 9 nitrogen and oxygen atoms in total. The molecule has 0 bridgehead atoms. The molecule has 0 saturated carbocycles. The van der Waals surface area contributed by atoms with Gasteiger partial charge in [0.2, 0.25) is 11.8 Å². The highest BCUT2D eigenvalue weighted by atomic mass is 32.2. The SMILES string of the molecule is CCC(CSC)NC(=O)CCOCCOCCOCCOCCNC(=O)CCCc1ccc(OC)cc1. The number of benzene rings is 1. The van der Waals surface area contributed by atoms with Crippen LogP contribution in [0.1, 0.15) is 38.2 Å². The zero-order valence-corrected chi connectivity index (χ0v) is 23.6. The number of aryl methyl sites for hydroxylation is 1. The summed E-state index contributed by atoms with van der Waals surface area (Å²) in [5.74, 6) is 1.83. The standard InChI is InChI=1S/C27H46N2O7S/c1-4-24(22-37-3)29-27(31)12-14-33-16-18-35-20-21-36-19-17-34-15-13-28-26(30)7-5-6-23-8-10-25(32-2)11-9-23/h8-11,24H,4-7,12-22H2,1-3H3,(H,28,30)(H,29,31). The maximum Gasteiger partial charge on any atom is 0.222 e. The maximum atomic E-state index is 11.9. The van der Waals surface area contributed by atoms with Crippen LogP contribution < -0.4 is 15.4 Å². The first-order valence-electron chi connectivity index (χ1n) is 13.1. The monoisotopic (exact) mass is 542 g/mol. The number of carbonyl (C=O) groups excluding carboxylic acids is 2. The minimum absolute atomic E-state index is 0.0283. The highest BCUT2D eigenvalue weighted by Crippen LogP contribution is 2.13. The van der Waals surface area contributed by atoms with E-state index in [1.54, 1.807) is 18.9 Å². The molecule has 1 rings (SSSR count). The first-order chi connectivity index (χ1) is 18.1. The van der Waals surface area contributed by atoms with Crippen molar-refractivity contribution in [1.82, 2.24) is 10.6 Å². The van der Waals surface area contributed by atoms with E-state index in [0.717, 1.165) is 30.8 Å². The van der Waals surface area contributed by atoms with Crippen LogP contribution in [0.4, 0.5) is 0 Å². The number of thioether (sulfide) groups is 1. The second-order valence-electron chi connectivity index (χ2n) is 8.38. The summed E-state index contributed by atoms with van der Waals surface area (Å²) in [6, 6.07) is 8.13. The van der Waals surface area contributed by atoms with Crippen molar-refractivity contribution in [2.45, 2.75) is 45.1 Å². The highest BCUT2D eigenvalue weighted by Gasteiger charge is 2.09. The molecule has 37 heavy (non-hydrogen) atoms. The van der Waals surface area contributed by atoms with E-state index in [9.17, 15) is 9.59 Å². The molecule has 0 radical (unpaired) electrons. The van der Waals surface area contributed by atoms with Crippen LogP contribution in [-0.4, -0.2) is 96.4 Å². The third kappa shape index (κ3) is 19.0. The van der Waals surface area contributed by atoms with Crippen molar-refractivity contribution in [3.05, 3.63) is 29.8 Å². The van der Waals surface area contributed by atoms with Crippen LogP contribution in [0.15, 0.2) is 24.3 Å². The third-order valence-electron chi connectivity index (χ3n) is 5.41. The van der Waals surface area contributed by atoms with Crippen LogP contribution in [0.2, 0.25) is 0 Å². The zero-order valence-electron chi connectivity index (χ0n) is 22.8. The van der Waals surface area contributed by atoms with E-state index in [2.05, 4.69) is 17.6 Å². The average molecular weight is 543 g/mol. The van der Waals surface area contributed by atoms with Crippen LogP contribution in [0, 0.1) is 0 Å². The summed E-state index contributed by atoms with van der Waals surface area (Å²) >= 11 is 1.73. The van der Waals surface area contributed by atoms with Crippen molar-refractivity contribution >= 4 is 23.6 Å². The summed E-state index contributed by atoms with van der Waals surface area (Å²) in [7, 11) is 1.65. The summed E-state index contributed by atoms with van der Waals surface area (Å²) in [6.07, 6.45) is 5.49. The molecule has 0 heterocycles. The minimum Gasteiger partial charge on any atom is -0.497 e. The van der Waals surface area contributed by atoms with Crippen molar-refractivity contribution in [3.8, 4) is 5.75 Å². The quantitative estimate of drug-likeness (QED) is 0.192. The Labute approximate surface area is 226 Å². The largest absolute Gasteiger partial charge is 0.497 e. The number of methoxy groups -OCH3 is 1. The van der Waals surface area contributed by atoms with Crippen molar-refractivity contribution in [2.75, 3.05) is 78.5 Å². The van der Waals surface area contributed by atoms with E-state index in [4.69, 9.17) is 23.7 Å². The average Bonchev–Trinajstić information content (AvgIpc) is 2.91. The number of hydrogen-bond donors (Lipinski definition) is 2. The van der Waals surface area contributed by atoms with Gasteiger partial charge in [0.05, 0.1) is 60.0 Å². The Balaban J connectivity index is 1.81. The number of carbonyl (C=O) groups is 2. The van der Waals surface area contributed by atoms with Gasteiger partial charge in [-0.25, -0.2) is 0 Å². The molecule has 1 aromatic carbocycles. The van der Waals surface area contributed by atoms with Crippen LogP contribution in [0.25, 0.3) is 0 Å². The summed E-state index contributed by atoms with van der Waals surface area (Å²) in [5.41, 5.74) is 1.19. The van der Waals surface area contributed by atoms with Gasteiger partial charge >= 0.3 is 0 Å². The Hall–Kier alpha value is -1.85. The summed E-state index contributed by atoms with van der Waals surface area (Å²) < 4.78 is 27.0. The predicted octanol–water partition coefficient (Wildman–Crippen LogP) is 2.85. The van der Waals surface area contributed by atoms with Gasteiger partial charge in [-0.3, -0.25) is 9.59 Å². The Kier molecular flexibility index (Phi) is 20.9. The summed E-state index contributed by atoms with van der Waals surface area (Å²) in [5, 5.41) is 5.88. The van der Waals surface area contributed by atoms with Crippen LogP contribution in [0.5, 0.6) is 5.75 Å². The number of nitrogens with one attached hydrogen (secondary N) is 2. The van der Waals surface area contributed by atoms with Crippen LogP contribution in [0.3, 0.4) is 0 Å². The number of rotatable bonds is 24. The fourth-order valence-electron chi connectivity index (χ4n) is 3.29. The number of ether oxygens (including phenoxy) is 5. The lowest BCUT2D eigenvalue weighted by molar-refractivity contribution is -0.123. The predicted molar refractivity (Wildman–Crippen MR) is 147 cm³/mol. The molecule has 2 amide bonds. The van der Waals surface area contributed by atoms with Gasteiger partial charge in [0.25, 0.3) is 0 Å². The Morgan fingerprint density at radius 2 is 1.43 bits per heavy atom. The smallest absolute Gasteiger partial charge is 0.222 e. The minimum atomic E-state index is 0.0283. The Morgan fingerprint density at radius 3 is 2.00 bits per heavy atom. The van der Waals surface area contributed by atoms with E-state index in [0.29, 0.717) is 72.2 Å². The van der Waals surface area contributed by atoms with Gasteiger partial charge in [0.1, 0.15) is 5.75 Å². The van der Waals surface area contributed by atoms with Crippen LogP contribution in [-0.2, 0) is 35.0 Å². The maximum absolute atomic E-state index is 11.9. The van der Waals surface area contributed by atoms with Crippen molar-refractivity contribution in [2.24, 2.45) is 0 Å². The number of amides is 2. The molecule has 0 saturated heterocycles. The van der Waals surface area contributed by atoms with Gasteiger partial charge in [-0.15, -0.1) is 0 Å². The molecule has 0 fully saturated rings. The fourth-order valence-corrected chi connectivity index (χ4v) is 4.01. The molecule has 0 aliphatic heterocycles. The lowest BCUT2D eigenvalue weighted by atomic mass is 10.1. The molecule has 1 aromatic rings. The molecule has 212 valence electrons. The molecule has 1 unspecified atom stereocenters. The Bertz CT molecular complexity index is 706. The van der Waals surface area contributed by atoms with E-state index >= 15 is 0 Å². The molecular formula is C27H46N2O7S. The molecule has 0 aliphatic rings. The van der Waals surface area contributed by atoms with Gasteiger partial charge in [0.15, 0.2) is 0 Å². The van der Waals surface area contributed by atoms with Crippen molar-refractivity contribution < 1.29 is 33.3 Å². The zero-order chi connectivity index (χ0) is 27.0. The van der Waals surface area contributed by atoms with E-state index < -0.39 is 0 Å². The highest BCUT2D eigenvalue weighted by molar-refractivity contribution is 7.98. The van der Waals surface area contributed by atoms with Gasteiger partial charge in [-0.05, 0) is 43.2 Å². The third-order valence-corrected chi connectivity index (χ3v) is 6.15. The van der Waals surface area contributed by atoms with Crippen molar-refractivity contribution in [1.29, 1.82) is 0 Å². The topological polar surface area (TPSA) is 104 Å². The first-order valence-corrected chi connectivity index (χ1v) is 14.5. The normalized spacial score (nSPS) is 11.8. The van der Waals surface area contributed by atoms with Crippen LogP contribution >= 0.6 is 11.8 Å². The lowest BCUT2D eigenvalue weighted by Crippen LogP contribution is -2.36. The first kappa shape index (κ1) is 33.2. The molecule has 0 spiro atoms.